The Morgan fingerprint density at radius 2 is 1.58 bits per heavy atom. The maximum atomic E-state index is 13.7. The molecule has 3 aromatic carbocycles. The number of carbonyl (C=O) groups is 2. The molecule has 0 aliphatic heterocycles. The van der Waals surface area contributed by atoms with E-state index in [0.717, 1.165) is 28.4 Å². The normalized spacial score (nSPS) is 11.8. The third-order valence-electron chi connectivity index (χ3n) is 5.64. The van der Waals surface area contributed by atoms with E-state index in [0.29, 0.717) is 27.9 Å². The van der Waals surface area contributed by atoms with Crippen molar-refractivity contribution in [3.8, 4) is 5.75 Å². The topological polar surface area (TPSA) is 89.4 Å². The van der Waals surface area contributed by atoms with E-state index in [-0.39, 0.29) is 23.4 Å². The highest BCUT2D eigenvalue weighted by Crippen LogP contribution is 2.28. The zero-order chi connectivity index (χ0) is 23.5. The second-order valence-corrected chi connectivity index (χ2v) is 8.31. The molecule has 1 heterocycles. The Kier molecular flexibility index (Phi) is 6.33. The van der Waals surface area contributed by atoms with E-state index >= 15 is 0 Å². The first kappa shape index (κ1) is 22.4. The van der Waals surface area contributed by atoms with E-state index in [1.165, 1.54) is 0 Å². The van der Waals surface area contributed by atoms with Gasteiger partial charge in [0.2, 0.25) is 0 Å². The van der Waals surface area contributed by atoms with Crippen LogP contribution in [-0.4, -0.2) is 32.7 Å². The van der Waals surface area contributed by atoms with E-state index < -0.39 is 5.97 Å². The van der Waals surface area contributed by atoms with Gasteiger partial charge in [0.1, 0.15) is 16.8 Å². The molecule has 166 valence electrons. The van der Waals surface area contributed by atoms with Crippen molar-refractivity contribution < 1.29 is 19.4 Å². The number of rotatable bonds is 7. The number of aryl methyl sites for hydroxylation is 2. The van der Waals surface area contributed by atoms with Gasteiger partial charge in [-0.2, -0.15) is 8.75 Å². The predicted octanol–water partition coefficient (Wildman–Crippen LogP) is 5.28. The monoisotopic (exact) mass is 458 g/mol. The van der Waals surface area contributed by atoms with Crippen LogP contribution in [0.5, 0.6) is 5.75 Å². The van der Waals surface area contributed by atoms with Crippen LogP contribution in [0, 0.1) is 13.8 Å². The second-order valence-electron chi connectivity index (χ2n) is 7.78. The Bertz CT molecular complexity index is 1390. The molecule has 4 aromatic rings. The van der Waals surface area contributed by atoms with Gasteiger partial charge >= 0.3 is 5.97 Å². The van der Waals surface area contributed by atoms with Crippen LogP contribution in [-0.2, 0) is 11.2 Å². The summed E-state index contributed by atoms with van der Waals surface area (Å²) in [5.74, 6) is -0.800. The lowest BCUT2D eigenvalue weighted by Crippen LogP contribution is -2.14. The van der Waals surface area contributed by atoms with Crippen LogP contribution in [0.2, 0.25) is 0 Å². The van der Waals surface area contributed by atoms with E-state index in [1.54, 1.807) is 49.6 Å². The number of Topliss-reactive ketones (excluding diaryl/α,β-unsaturated/α-hetero) is 1. The predicted molar refractivity (Wildman–Crippen MR) is 129 cm³/mol. The van der Waals surface area contributed by atoms with Gasteiger partial charge in [0.05, 0.1) is 24.4 Å². The largest absolute Gasteiger partial charge is 0.497 e. The van der Waals surface area contributed by atoms with Gasteiger partial charge in [-0.05, 0) is 66.4 Å². The van der Waals surface area contributed by atoms with Gasteiger partial charge < -0.3 is 9.84 Å². The lowest BCUT2D eigenvalue weighted by molar-refractivity contribution is -0.130. The Hall–Kier alpha value is -3.84. The molecule has 7 heteroatoms. The number of benzene rings is 3. The average molecular weight is 459 g/mol. The van der Waals surface area contributed by atoms with Crippen molar-refractivity contribution in [3.63, 3.8) is 0 Å². The number of carbonyl (C=O) groups excluding carboxylic acids is 1. The van der Waals surface area contributed by atoms with Gasteiger partial charge in [0, 0.05) is 17.6 Å². The molecular formula is C26H22N2O4S. The lowest BCUT2D eigenvalue weighted by atomic mass is 9.88. The van der Waals surface area contributed by atoms with Gasteiger partial charge in [-0.25, -0.2) is 4.79 Å². The number of nitrogens with zero attached hydrogens (tertiary/aromatic N) is 2. The molecule has 0 amide bonds. The quantitative estimate of drug-likeness (QED) is 0.299. The Morgan fingerprint density at radius 3 is 2.24 bits per heavy atom. The molecule has 0 radical (unpaired) electrons. The third-order valence-corrected chi connectivity index (χ3v) is 6.20. The number of fused-ring (bicyclic) bond motifs is 1. The fourth-order valence-corrected chi connectivity index (χ4v) is 4.17. The van der Waals surface area contributed by atoms with Crippen LogP contribution in [0.4, 0.5) is 0 Å². The standard InChI is InChI=1S/C26H22N2O4S/c1-15-4-7-19(12-16(15)2)25(29)21(13-17-5-9-20(32-3)10-6-17)24(26(30)31)18-8-11-22-23(14-18)28-33-27-22/h4-12,14H,13H2,1-3H3,(H,30,31). The molecule has 0 unspecified atom stereocenters. The van der Waals surface area contributed by atoms with Crippen LogP contribution >= 0.6 is 11.7 Å². The maximum Gasteiger partial charge on any atom is 0.336 e. The Balaban J connectivity index is 1.90. The number of hydrogen-bond acceptors (Lipinski definition) is 6. The van der Waals surface area contributed by atoms with E-state index in [2.05, 4.69) is 8.75 Å². The molecule has 0 saturated carbocycles. The van der Waals surface area contributed by atoms with Crippen LogP contribution in [0.25, 0.3) is 16.6 Å². The van der Waals surface area contributed by atoms with Crippen LogP contribution in [0.1, 0.15) is 32.6 Å². The number of allylic oxidation sites excluding steroid dienone is 1. The van der Waals surface area contributed by atoms with Crippen LogP contribution in [0.15, 0.2) is 66.2 Å². The highest BCUT2D eigenvalue weighted by Gasteiger charge is 2.24. The first-order valence-electron chi connectivity index (χ1n) is 10.3. The molecule has 0 aliphatic carbocycles. The van der Waals surface area contributed by atoms with E-state index in [4.69, 9.17) is 4.74 Å². The number of methoxy groups -OCH3 is 1. The molecule has 0 spiro atoms. The number of aromatic nitrogens is 2. The minimum Gasteiger partial charge on any atom is -0.497 e. The molecule has 1 N–H and O–H groups in total. The summed E-state index contributed by atoms with van der Waals surface area (Å²) in [5.41, 5.74) is 5.16. The number of aliphatic carboxylic acids is 1. The minimum absolute atomic E-state index is 0.0380. The summed E-state index contributed by atoms with van der Waals surface area (Å²) in [6, 6.07) is 17.7. The van der Waals surface area contributed by atoms with Crippen molar-refractivity contribution in [2.45, 2.75) is 20.3 Å². The fraction of sp³-hybridized carbons (Fsp3) is 0.154. The molecule has 33 heavy (non-hydrogen) atoms. The summed E-state index contributed by atoms with van der Waals surface area (Å²) in [4.78, 5) is 26.2. The summed E-state index contributed by atoms with van der Waals surface area (Å²) in [7, 11) is 1.58. The summed E-state index contributed by atoms with van der Waals surface area (Å²) in [6.07, 6.45) is 0.157. The van der Waals surface area contributed by atoms with Gasteiger partial charge in [-0.15, -0.1) is 0 Å². The molecule has 4 rings (SSSR count). The number of hydrogen-bond donors (Lipinski definition) is 1. The maximum absolute atomic E-state index is 13.7. The zero-order valence-electron chi connectivity index (χ0n) is 18.5. The highest BCUT2D eigenvalue weighted by molar-refractivity contribution is 7.00. The van der Waals surface area contributed by atoms with Crippen molar-refractivity contribution in [1.82, 2.24) is 8.75 Å². The Labute approximate surface area is 195 Å². The SMILES string of the molecule is COc1ccc(CC(C(=O)c2ccc(C)c(C)c2)=C(C(=O)O)c2ccc3nsnc3c2)cc1. The summed E-state index contributed by atoms with van der Waals surface area (Å²) >= 11 is 1.06. The molecule has 0 bridgehead atoms. The lowest BCUT2D eigenvalue weighted by Gasteiger charge is -2.14. The summed E-state index contributed by atoms with van der Waals surface area (Å²) in [6.45, 7) is 3.90. The molecular weight excluding hydrogens is 436 g/mol. The summed E-state index contributed by atoms with van der Waals surface area (Å²) in [5, 5.41) is 10.2. The highest BCUT2D eigenvalue weighted by atomic mass is 32.1. The first-order chi connectivity index (χ1) is 15.9. The van der Waals surface area contributed by atoms with Crippen LogP contribution in [0.3, 0.4) is 0 Å². The first-order valence-corrected chi connectivity index (χ1v) is 11.0. The molecule has 0 aliphatic rings. The molecule has 6 nitrogen and oxygen atoms in total. The number of ether oxygens (including phenoxy) is 1. The van der Waals surface area contributed by atoms with Gasteiger partial charge in [-0.3, -0.25) is 4.79 Å². The number of carboxylic acid groups (broad SMARTS) is 1. The van der Waals surface area contributed by atoms with Crippen molar-refractivity contribution >= 4 is 40.1 Å². The molecule has 0 saturated heterocycles. The third kappa shape index (κ3) is 4.68. The molecule has 0 atom stereocenters. The Morgan fingerprint density at radius 1 is 0.879 bits per heavy atom. The van der Waals surface area contributed by atoms with E-state index in [1.807, 2.05) is 32.0 Å². The van der Waals surface area contributed by atoms with E-state index in [9.17, 15) is 14.7 Å². The summed E-state index contributed by atoms with van der Waals surface area (Å²) < 4.78 is 13.6. The van der Waals surface area contributed by atoms with Gasteiger partial charge in [0.15, 0.2) is 5.78 Å². The van der Waals surface area contributed by atoms with Crippen molar-refractivity contribution in [3.05, 3.63) is 94.1 Å². The van der Waals surface area contributed by atoms with Crippen molar-refractivity contribution in [2.24, 2.45) is 0 Å². The smallest absolute Gasteiger partial charge is 0.336 e. The van der Waals surface area contributed by atoms with Gasteiger partial charge in [0.25, 0.3) is 0 Å². The molecule has 1 aromatic heterocycles. The van der Waals surface area contributed by atoms with Gasteiger partial charge in [-0.1, -0.05) is 30.3 Å². The fourth-order valence-electron chi connectivity index (χ4n) is 3.65. The minimum atomic E-state index is -1.17. The molecule has 0 fully saturated rings. The number of carboxylic acids is 1. The van der Waals surface area contributed by atoms with Crippen LogP contribution < -0.4 is 4.74 Å². The average Bonchev–Trinajstić information content (AvgIpc) is 3.28. The van der Waals surface area contributed by atoms with Crippen molar-refractivity contribution in [1.29, 1.82) is 0 Å². The number of ketones is 1. The zero-order valence-corrected chi connectivity index (χ0v) is 19.3. The van der Waals surface area contributed by atoms with Crippen molar-refractivity contribution in [2.75, 3.05) is 7.11 Å². The second kappa shape index (κ2) is 9.34.